The highest BCUT2D eigenvalue weighted by atomic mass is 19.4. The molecule has 0 fully saturated rings. The number of hydrogen-bond donors (Lipinski definition) is 0. The Bertz CT molecular complexity index is 3690. The van der Waals surface area contributed by atoms with E-state index in [2.05, 4.69) is 84.9 Å². The van der Waals surface area contributed by atoms with Gasteiger partial charge in [-0.25, -0.2) is 0 Å². The Morgan fingerprint density at radius 2 is 0.671 bits per heavy atom. The number of fused-ring (bicyclic) bond motifs is 6. The monoisotopic (exact) mass is 906 g/mol. The average Bonchev–Trinajstić information content (AvgIpc) is 3.92. The van der Waals surface area contributed by atoms with Gasteiger partial charge in [-0.2, -0.15) is 23.7 Å². The molecule has 0 saturated carbocycles. The molecular formula is C63H37F3N4. The molecule has 2 heterocycles. The van der Waals surface area contributed by atoms with Crippen molar-refractivity contribution in [3.05, 3.63) is 241 Å². The number of aromatic nitrogens is 2. The van der Waals surface area contributed by atoms with Gasteiger partial charge in [0.05, 0.1) is 50.6 Å². The van der Waals surface area contributed by atoms with E-state index in [-0.39, 0.29) is 22.3 Å². The first-order valence-corrected chi connectivity index (χ1v) is 22.8. The van der Waals surface area contributed by atoms with Gasteiger partial charge in [0.25, 0.3) is 0 Å². The second-order valence-electron chi connectivity index (χ2n) is 17.4. The van der Waals surface area contributed by atoms with Crippen LogP contribution >= 0.6 is 0 Å². The molecule has 0 amide bonds. The fourth-order valence-electron chi connectivity index (χ4n) is 10.2. The van der Waals surface area contributed by atoms with E-state index in [1.807, 2.05) is 130 Å². The van der Waals surface area contributed by atoms with E-state index in [0.717, 1.165) is 94.2 Å². The fraction of sp³-hybridized carbons (Fsp3) is 0.0159. The highest BCUT2D eigenvalue weighted by molar-refractivity contribution is 6.13. The van der Waals surface area contributed by atoms with Gasteiger partial charge < -0.3 is 9.13 Å². The van der Waals surface area contributed by atoms with E-state index in [1.165, 1.54) is 12.1 Å². The Kier molecular flexibility index (Phi) is 10.0. The van der Waals surface area contributed by atoms with Gasteiger partial charge >= 0.3 is 6.18 Å². The maximum atomic E-state index is 15.4. The molecule has 0 spiro atoms. The molecule has 4 nitrogen and oxygen atoms in total. The van der Waals surface area contributed by atoms with Gasteiger partial charge in [-0.3, -0.25) is 0 Å². The molecule has 0 N–H and O–H groups in total. The highest BCUT2D eigenvalue weighted by Crippen LogP contribution is 2.46. The van der Waals surface area contributed by atoms with Crippen molar-refractivity contribution in [1.82, 2.24) is 9.13 Å². The van der Waals surface area contributed by atoms with Gasteiger partial charge in [0, 0.05) is 27.1 Å². The van der Waals surface area contributed by atoms with Crippen molar-refractivity contribution < 1.29 is 13.2 Å². The standard InChI is InChI=1S/C63H37F3N4/c64-63(65,66)55-23-13-22-48(38-67)62(55)49-36-60(69-56-32-44(40-14-5-1-6-15-40)24-28-50(56)51-29-25-45(33-57(51)69)41-16-7-2-8-17-41)54(39-68)61(37-49)70-58-34-46(42-18-9-3-10-19-42)26-30-52(58)53-31-27-47(35-59(53)70)43-20-11-4-12-21-43/h1-37H. The number of benzene rings is 10. The van der Waals surface area contributed by atoms with Crippen molar-refractivity contribution in [3.63, 3.8) is 0 Å². The number of hydrogen-bond acceptors (Lipinski definition) is 2. The summed E-state index contributed by atoms with van der Waals surface area (Å²) in [6.07, 6.45) is -4.82. The van der Waals surface area contributed by atoms with Crippen LogP contribution in [-0.2, 0) is 6.18 Å². The Balaban J connectivity index is 1.27. The quantitative estimate of drug-likeness (QED) is 0.160. The molecular weight excluding hydrogens is 870 g/mol. The number of halogens is 3. The molecule has 2 aromatic heterocycles. The van der Waals surface area contributed by atoms with Gasteiger partial charge in [0.1, 0.15) is 11.6 Å². The van der Waals surface area contributed by atoms with E-state index in [1.54, 1.807) is 12.1 Å². The first-order valence-electron chi connectivity index (χ1n) is 22.8. The van der Waals surface area contributed by atoms with E-state index in [9.17, 15) is 10.5 Å². The summed E-state index contributed by atoms with van der Waals surface area (Å²) < 4.78 is 50.3. The van der Waals surface area contributed by atoms with Gasteiger partial charge in [-0.05, 0) is 98.6 Å². The SMILES string of the molecule is N#Cc1cccc(C(F)(F)F)c1-c1cc(-n2c3cc(-c4ccccc4)ccc3c3ccc(-c4ccccc4)cc32)c(C#N)c(-n2c3cc(-c4ccccc4)ccc3c3ccc(-c4ccccc4)cc32)c1. The number of nitrogens with zero attached hydrogens (tertiary/aromatic N) is 4. The lowest BCUT2D eigenvalue weighted by atomic mass is 9.92. The smallest absolute Gasteiger partial charge is 0.308 e. The zero-order valence-corrected chi connectivity index (χ0v) is 37.3. The maximum absolute atomic E-state index is 15.4. The van der Waals surface area contributed by atoms with Crippen molar-refractivity contribution >= 4 is 43.6 Å². The molecule has 0 atom stereocenters. The maximum Gasteiger partial charge on any atom is 0.417 e. The predicted molar refractivity (Wildman–Crippen MR) is 277 cm³/mol. The minimum Gasteiger partial charge on any atom is -0.308 e. The van der Waals surface area contributed by atoms with Crippen LogP contribution in [0, 0.1) is 22.7 Å². The first kappa shape index (κ1) is 42.0. The van der Waals surface area contributed by atoms with Gasteiger partial charge in [0.15, 0.2) is 0 Å². The van der Waals surface area contributed by atoms with Crippen LogP contribution in [0.4, 0.5) is 13.2 Å². The number of nitriles is 2. The summed E-state index contributed by atoms with van der Waals surface area (Å²) >= 11 is 0. The van der Waals surface area contributed by atoms with Crippen molar-refractivity contribution in [1.29, 1.82) is 10.5 Å². The van der Waals surface area contributed by atoms with Gasteiger partial charge in [-0.15, -0.1) is 0 Å². The van der Waals surface area contributed by atoms with Crippen molar-refractivity contribution in [2.75, 3.05) is 0 Å². The van der Waals surface area contributed by atoms with Crippen LogP contribution in [0.15, 0.2) is 224 Å². The van der Waals surface area contributed by atoms with Crippen LogP contribution in [0.5, 0.6) is 0 Å². The normalized spacial score (nSPS) is 11.6. The third-order valence-corrected chi connectivity index (χ3v) is 13.4. The van der Waals surface area contributed by atoms with E-state index < -0.39 is 11.7 Å². The van der Waals surface area contributed by atoms with Crippen LogP contribution in [0.1, 0.15) is 16.7 Å². The molecule has 12 rings (SSSR count). The van der Waals surface area contributed by atoms with Crippen LogP contribution in [0.3, 0.4) is 0 Å². The van der Waals surface area contributed by atoms with Crippen molar-refractivity contribution in [2.45, 2.75) is 6.18 Å². The van der Waals surface area contributed by atoms with Crippen LogP contribution < -0.4 is 0 Å². The lowest BCUT2D eigenvalue weighted by Crippen LogP contribution is -2.10. The molecule has 7 heteroatoms. The Morgan fingerprint density at radius 3 is 0.971 bits per heavy atom. The summed E-state index contributed by atoms with van der Waals surface area (Å²) in [5.41, 5.74) is 10.4. The number of rotatable bonds is 7. The molecule has 0 saturated heterocycles. The Morgan fingerprint density at radius 1 is 0.329 bits per heavy atom. The average molecular weight is 907 g/mol. The first-order chi connectivity index (χ1) is 34.3. The molecule has 0 aliphatic carbocycles. The Labute approximate surface area is 401 Å². The van der Waals surface area contributed by atoms with Crippen LogP contribution in [0.25, 0.3) is 111 Å². The summed E-state index contributed by atoms with van der Waals surface area (Å²) in [5, 5.41) is 26.1. The van der Waals surface area contributed by atoms with Gasteiger partial charge in [-0.1, -0.05) is 176 Å². The van der Waals surface area contributed by atoms with Crippen LogP contribution in [-0.4, -0.2) is 9.13 Å². The topological polar surface area (TPSA) is 57.4 Å². The van der Waals surface area contributed by atoms with E-state index in [0.29, 0.717) is 11.4 Å². The van der Waals surface area contributed by atoms with Gasteiger partial charge in [0.2, 0.25) is 0 Å². The summed E-state index contributed by atoms with van der Waals surface area (Å²) in [7, 11) is 0. The largest absolute Gasteiger partial charge is 0.417 e. The summed E-state index contributed by atoms with van der Waals surface area (Å²) in [4.78, 5) is 0. The molecule has 0 aliphatic rings. The minimum absolute atomic E-state index is 0.135. The number of alkyl halides is 3. The predicted octanol–water partition coefficient (Wildman–Crippen LogP) is 17.0. The molecule has 70 heavy (non-hydrogen) atoms. The van der Waals surface area contributed by atoms with E-state index in [4.69, 9.17) is 0 Å². The second kappa shape index (κ2) is 16.7. The molecule has 0 radical (unpaired) electrons. The summed E-state index contributed by atoms with van der Waals surface area (Å²) in [5.74, 6) is 0. The zero-order chi connectivity index (χ0) is 47.5. The van der Waals surface area contributed by atoms with Crippen LogP contribution in [0.2, 0.25) is 0 Å². The lowest BCUT2D eigenvalue weighted by Gasteiger charge is -2.21. The molecule has 12 aromatic rings. The molecule has 0 unspecified atom stereocenters. The molecule has 10 aromatic carbocycles. The summed E-state index contributed by atoms with van der Waals surface area (Å²) in [6, 6.07) is 76.6. The molecule has 0 bridgehead atoms. The second-order valence-corrected chi connectivity index (χ2v) is 17.4. The molecule has 0 aliphatic heterocycles. The van der Waals surface area contributed by atoms with Crippen molar-refractivity contribution in [3.8, 4) is 79.1 Å². The fourth-order valence-corrected chi connectivity index (χ4v) is 10.2. The highest BCUT2D eigenvalue weighted by Gasteiger charge is 2.36. The van der Waals surface area contributed by atoms with E-state index >= 15 is 13.2 Å². The Hall–Kier alpha value is -9.43. The lowest BCUT2D eigenvalue weighted by molar-refractivity contribution is -0.137. The third kappa shape index (κ3) is 7.00. The summed E-state index contributed by atoms with van der Waals surface area (Å²) in [6.45, 7) is 0. The third-order valence-electron chi connectivity index (χ3n) is 13.4. The van der Waals surface area contributed by atoms with Crippen molar-refractivity contribution in [2.24, 2.45) is 0 Å². The zero-order valence-electron chi connectivity index (χ0n) is 37.3. The minimum atomic E-state index is -4.82. The molecule has 330 valence electrons.